The molecule has 0 heterocycles. The van der Waals surface area contributed by atoms with Gasteiger partial charge in [-0.1, -0.05) is 96.2 Å². The molecule has 0 radical (unpaired) electrons. The van der Waals surface area contributed by atoms with E-state index < -0.39 is 0 Å². The van der Waals surface area contributed by atoms with Crippen molar-refractivity contribution in [1.82, 2.24) is 0 Å². The van der Waals surface area contributed by atoms with Crippen molar-refractivity contribution in [3.8, 4) is 11.1 Å². The normalized spacial score (nSPS) is 14.5. The number of fused-ring (bicyclic) bond motifs is 3. The van der Waals surface area contributed by atoms with Crippen molar-refractivity contribution < 1.29 is 51.0 Å². The van der Waals surface area contributed by atoms with Gasteiger partial charge in [-0.15, -0.1) is 0 Å². The topological polar surface area (TPSA) is 0 Å². The molecule has 0 saturated carbocycles. The predicted octanol–water partition coefficient (Wildman–Crippen LogP) is 1.14. The first-order valence-electron chi connectivity index (χ1n) is 10.3. The van der Waals surface area contributed by atoms with E-state index in [1.54, 1.807) is 11.1 Å². The molecule has 0 aliphatic heterocycles. The van der Waals surface area contributed by atoms with Gasteiger partial charge in [0, 0.05) is 0 Å². The molecule has 0 amide bonds. The van der Waals surface area contributed by atoms with Crippen molar-refractivity contribution in [3.05, 3.63) is 82.5 Å². The third-order valence-electron chi connectivity index (χ3n) is 6.14. The first-order chi connectivity index (χ1) is 12.6. The molecule has 30 heavy (non-hydrogen) atoms. The van der Waals surface area contributed by atoms with Gasteiger partial charge in [0.2, 0.25) is 0 Å². The van der Waals surface area contributed by atoms with Crippen molar-refractivity contribution in [1.29, 1.82) is 0 Å². The van der Waals surface area contributed by atoms with Gasteiger partial charge in [0.25, 0.3) is 0 Å². The summed E-state index contributed by atoms with van der Waals surface area (Å²) < 4.78 is 0. The van der Waals surface area contributed by atoms with Gasteiger partial charge in [-0.05, 0) is 68.5 Å². The maximum absolute atomic E-state index is 2.45. The minimum atomic E-state index is 0. The summed E-state index contributed by atoms with van der Waals surface area (Å²) in [5.41, 5.74) is 10.9. The second kappa shape index (κ2) is 9.89. The Morgan fingerprint density at radius 2 is 1.40 bits per heavy atom. The van der Waals surface area contributed by atoms with E-state index in [2.05, 4.69) is 96.2 Å². The minimum Gasteiger partial charge on any atom is -1.00 e. The molecule has 0 N–H and O–H groups in total. The molecule has 2 aromatic rings. The third-order valence-corrected chi connectivity index (χ3v) is 6.14. The number of halogens is 2. The van der Waals surface area contributed by atoms with Crippen molar-refractivity contribution >= 4 is 0 Å². The summed E-state index contributed by atoms with van der Waals surface area (Å²) in [4.78, 5) is 0. The maximum Gasteiger partial charge on any atom is 2.00 e. The van der Waals surface area contributed by atoms with Crippen LogP contribution in [0, 0.1) is 5.92 Å². The van der Waals surface area contributed by atoms with Crippen LogP contribution in [0.5, 0.6) is 0 Å². The minimum absolute atomic E-state index is 0. The molecule has 2 aromatic carbocycles. The van der Waals surface area contributed by atoms with E-state index in [1.165, 1.54) is 27.8 Å². The molecule has 2 aliphatic carbocycles. The Kier molecular flexibility index (Phi) is 9.04. The Morgan fingerprint density at radius 1 is 0.800 bits per heavy atom. The standard InChI is InChI=1S/C27H32.2ClH.Zr/c1-26(2,3)20-11-12-21-19(16-20)17-23-22(21)13-14-25(27(4,5)6)24(23)15-18-9-7-8-10-18;;;/h7-14,16,18H,15,17H2,1-6H3;2*1H;/q;;;+2/p-2. The SMILES string of the molecule is CC(C)(C)c1ccc2c(c1)Cc1c-2ccc(C(C)(C)C)c1CC1C=CC=C1.[Cl-].[Cl-].[Zr+2]. The Hall–Kier alpha value is -0.617. The quantitative estimate of drug-likeness (QED) is 0.478. The van der Waals surface area contributed by atoms with Gasteiger partial charge in [-0.2, -0.15) is 0 Å². The van der Waals surface area contributed by atoms with E-state index in [-0.39, 0.29) is 61.8 Å². The fraction of sp³-hybridized carbons (Fsp3) is 0.407. The van der Waals surface area contributed by atoms with Gasteiger partial charge in [0.1, 0.15) is 0 Å². The van der Waals surface area contributed by atoms with Gasteiger partial charge in [-0.25, -0.2) is 0 Å². The fourth-order valence-corrected chi connectivity index (χ4v) is 4.59. The zero-order valence-electron chi connectivity index (χ0n) is 18.9. The largest absolute Gasteiger partial charge is 2.00 e. The van der Waals surface area contributed by atoms with E-state index >= 15 is 0 Å². The smallest absolute Gasteiger partial charge is 1.00 e. The molecule has 0 saturated heterocycles. The number of hydrogen-bond donors (Lipinski definition) is 0. The Labute approximate surface area is 214 Å². The Balaban J connectivity index is 0.00000150. The van der Waals surface area contributed by atoms with E-state index in [4.69, 9.17) is 0 Å². The van der Waals surface area contributed by atoms with Gasteiger partial charge in [-0.3, -0.25) is 0 Å². The van der Waals surface area contributed by atoms with E-state index in [0.717, 1.165) is 12.8 Å². The maximum atomic E-state index is 2.45. The predicted molar refractivity (Wildman–Crippen MR) is 118 cm³/mol. The second-order valence-electron chi connectivity index (χ2n) is 10.3. The molecule has 3 heteroatoms. The van der Waals surface area contributed by atoms with Crippen LogP contribution in [0.2, 0.25) is 0 Å². The summed E-state index contributed by atoms with van der Waals surface area (Å²) in [6.45, 7) is 13.9. The third kappa shape index (κ3) is 5.23. The zero-order valence-corrected chi connectivity index (χ0v) is 22.9. The summed E-state index contributed by atoms with van der Waals surface area (Å²) >= 11 is 0. The van der Waals surface area contributed by atoms with Crippen molar-refractivity contribution in [2.75, 3.05) is 0 Å². The molecule has 0 fully saturated rings. The first kappa shape index (κ1) is 27.4. The van der Waals surface area contributed by atoms with Crippen LogP contribution in [-0.2, 0) is 49.9 Å². The number of hydrogen-bond acceptors (Lipinski definition) is 0. The summed E-state index contributed by atoms with van der Waals surface area (Å²) in [6.07, 6.45) is 11.2. The molecule has 2 aliphatic rings. The van der Waals surface area contributed by atoms with Crippen LogP contribution in [0.1, 0.15) is 69.4 Å². The number of rotatable bonds is 2. The average molecular weight is 519 g/mol. The van der Waals surface area contributed by atoms with Crippen molar-refractivity contribution in [3.63, 3.8) is 0 Å². The molecule has 4 rings (SSSR count). The molecular formula is C27H32Cl2Zr. The van der Waals surface area contributed by atoms with Gasteiger partial charge in [0.05, 0.1) is 0 Å². The van der Waals surface area contributed by atoms with Crippen LogP contribution < -0.4 is 24.8 Å². The van der Waals surface area contributed by atoms with Crippen LogP contribution in [0.25, 0.3) is 11.1 Å². The van der Waals surface area contributed by atoms with Gasteiger partial charge < -0.3 is 24.8 Å². The molecule has 0 unspecified atom stereocenters. The Morgan fingerprint density at radius 3 is 1.97 bits per heavy atom. The first-order valence-corrected chi connectivity index (χ1v) is 10.3. The summed E-state index contributed by atoms with van der Waals surface area (Å²) in [6, 6.07) is 11.9. The fourth-order valence-electron chi connectivity index (χ4n) is 4.59. The molecule has 0 bridgehead atoms. The average Bonchev–Trinajstić information content (AvgIpc) is 3.20. The molecule has 0 nitrogen and oxygen atoms in total. The van der Waals surface area contributed by atoms with E-state index in [9.17, 15) is 0 Å². The van der Waals surface area contributed by atoms with Crippen LogP contribution in [0.15, 0.2) is 54.6 Å². The van der Waals surface area contributed by atoms with Gasteiger partial charge >= 0.3 is 26.2 Å². The van der Waals surface area contributed by atoms with Crippen molar-refractivity contribution in [2.24, 2.45) is 5.92 Å². The monoisotopic (exact) mass is 516 g/mol. The van der Waals surface area contributed by atoms with Crippen LogP contribution in [0.3, 0.4) is 0 Å². The van der Waals surface area contributed by atoms with E-state index in [1.807, 2.05) is 0 Å². The van der Waals surface area contributed by atoms with Crippen molar-refractivity contribution in [2.45, 2.75) is 65.2 Å². The summed E-state index contributed by atoms with van der Waals surface area (Å²) in [5, 5.41) is 0. The molecule has 0 spiro atoms. The zero-order chi connectivity index (χ0) is 19.4. The molecule has 0 aromatic heterocycles. The Bertz CT molecular complexity index is 944. The summed E-state index contributed by atoms with van der Waals surface area (Å²) in [5.74, 6) is 0.534. The van der Waals surface area contributed by atoms with Crippen LogP contribution >= 0.6 is 0 Å². The number of benzene rings is 2. The van der Waals surface area contributed by atoms with Crippen LogP contribution in [0.4, 0.5) is 0 Å². The van der Waals surface area contributed by atoms with E-state index in [0.29, 0.717) is 5.92 Å². The molecule has 158 valence electrons. The molecule has 0 atom stereocenters. The summed E-state index contributed by atoms with van der Waals surface area (Å²) in [7, 11) is 0. The molecular weight excluding hydrogens is 486 g/mol. The second-order valence-corrected chi connectivity index (χ2v) is 10.3. The number of allylic oxidation sites excluding steroid dienone is 4. The van der Waals surface area contributed by atoms with Crippen LogP contribution in [-0.4, -0.2) is 0 Å². The van der Waals surface area contributed by atoms with Gasteiger partial charge in [0.15, 0.2) is 0 Å².